The third-order valence-corrected chi connectivity index (χ3v) is 5.10. The minimum absolute atomic E-state index is 0.213. The summed E-state index contributed by atoms with van der Waals surface area (Å²) in [4.78, 5) is 12.0. The van der Waals surface area contributed by atoms with E-state index in [1.165, 1.54) is 32.1 Å². The fraction of sp³-hybridized carbons (Fsp3) is 0.938. The van der Waals surface area contributed by atoms with Crippen molar-refractivity contribution in [2.45, 2.75) is 70.4 Å². The summed E-state index contributed by atoms with van der Waals surface area (Å²) >= 11 is 0. The fourth-order valence-electron chi connectivity index (χ4n) is 3.96. The zero-order chi connectivity index (χ0) is 14.4. The molecular formula is C16H30N2O2. The van der Waals surface area contributed by atoms with E-state index >= 15 is 0 Å². The van der Waals surface area contributed by atoms with Gasteiger partial charge in [0.1, 0.15) is 0 Å². The van der Waals surface area contributed by atoms with Gasteiger partial charge >= 0.3 is 0 Å². The zero-order valence-electron chi connectivity index (χ0n) is 13.0. The molecule has 2 saturated carbocycles. The summed E-state index contributed by atoms with van der Waals surface area (Å²) < 4.78 is 5.92. The molecule has 2 rings (SSSR count). The summed E-state index contributed by atoms with van der Waals surface area (Å²) in [5.74, 6) is 0.213. The van der Waals surface area contributed by atoms with Crippen LogP contribution in [0.25, 0.3) is 0 Å². The predicted octanol–water partition coefficient (Wildman–Crippen LogP) is 2.23. The predicted molar refractivity (Wildman–Crippen MR) is 80.6 cm³/mol. The Morgan fingerprint density at radius 3 is 2.70 bits per heavy atom. The molecule has 2 N–H and O–H groups in total. The van der Waals surface area contributed by atoms with Gasteiger partial charge in [-0.2, -0.15) is 0 Å². The number of ether oxygens (including phenoxy) is 1. The molecule has 1 amide bonds. The van der Waals surface area contributed by atoms with E-state index in [4.69, 9.17) is 4.74 Å². The maximum atomic E-state index is 12.0. The van der Waals surface area contributed by atoms with Gasteiger partial charge in [-0.15, -0.1) is 0 Å². The quantitative estimate of drug-likeness (QED) is 0.704. The van der Waals surface area contributed by atoms with Crippen LogP contribution in [0, 0.1) is 5.41 Å². The smallest absolute Gasteiger partial charge is 0.220 e. The molecule has 2 aliphatic rings. The summed E-state index contributed by atoms with van der Waals surface area (Å²) in [6, 6.07) is 0.349. The highest BCUT2D eigenvalue weighted by Gasteiger charge is 2.55. The van der Waals surface area contributed by atoms with E-state index in [0.29, 0.717) is 18.6 Å². The molecule has 0 aromatic rings. The first-order chi connectivity index (χ1) is 9.73. The van der Waals surface area contributed by atoms with Crippen LogP contribution in [0.3, 0.4) is 0 Å². The van der Waals surface area contributed by atoms with Gasteiger partial charge in [0.05, 0.1) is 6.10 Å². The summed E-state index contributed by atoms with van der Waals surface area (Å²) in [6.45, 7) is 3.76. The van der Waals surface area contributed by atoms with Crippen molar-refractivity contribution in [1.82, 2.24) is 10.6 Å². The first kappa shape index (κ1) is 15.8. The Morgan fingerprint density at radius 1 is 1.30 bits per heavy atom. The highest BCUT2D eigenvalue weighted by Crippen LogP contribution is 2.53. The van der Waals surface area contributed by atoms with Gasteiger partial charge in [-0.3, -0.25) is 4.79 Å². The Kier molecular flexibility index (Phi) is 5.85. The number of hydrogen-bond acceptors (Lipinski definition) is 3. The van der Waals surface area contributed by atoms with Crippen LogP contribution >= 0.6 is 0 Å². The van der Waals surface area contributed by atoms with E-state index in [1.807, 2.05) is 7.05 Å². The van der Waals surface area contributed by atoms with Crippen LogP contribution in [0.4, 0.5) is 0 Å². The number of hydrogen-bond donors (Lipinski definition) is 2. The first-order valence-electron chi connectivity index (χ1n) is 8.28. The van der Waals surface area contributed by atoms with E-state index in [1.54, 1.807) is 0 Å². The lowest BCUT2D eigenvalue weighted by molar-refractivity contribution is -0.157. The van der Waals surface area contributed by atoms with E-state index < -0.39 is 0 Å². The van der Waals surface area contributed by atoms with Gasteiger partial charge < -0.3 is 15.4 Å². The standard InChI is InChI=1S/C16H30N2O2/c1-3-20-14-12-13(16(14)9-5-4-6-10-16)18-15(19)8-7-11-17-2/h13-14,17H,3-12H2,1-2H3,(H,18,19). The van der Waals surface area contributed by atoms with Crippen LogP contribution < -0.4 is 10.6 Å². The SMILES string of the molecule is CCOC1CC(NC(=O)CCCNC)C12CCCCC2. The van der Waals surface area contributed by atoms with Crippen molar-refractivity contribution in [3.8, 4) is 0 Å². The second-order valence-electron chi connectivity index (χ2n) is 6.30. The molecule has 0 bridgehead atoms. The Labute approximate surface area is 123 Å². The summed E-state index contributed by atoms with van der Waals surface area (Å²) in [5.41, 5.74) is 0.243. The van der Waals surface area contributed by atoms with Crippen molar-refractivity contribution in [1.29, 1.82) is 0 Å². The lowest BCUT2D eigenvalue weighted by atomic mass is 9.55. The van der Waals surface area contributed by atoms with Crippen molar-refractivity contribution in [3.63, 3.8) is 0 Å². The van der Waals surface area contributed by atoms with Crippen molar-refractivity contribution < 1.29 is 9.53 Å². The Bertz CT molecular complexity index is 314. The van der Waals surface area contributed by atoms with Gasteiger partial charge in [0.25, 0.3) is 0 Å². The monoisotopic (exact) mass is 282 g/mol. The molecule has 116 valence electrons. The number of carbonyl (C=O) groups is 1. The third-order valence-electron chi connectivity index (χ3n) is 5.10. The molecule has 0 saturated heterocycles. The molecule has 2 aliphatic carbocycles. The lowest BCUT2D eigenvalue weighted by Crippen LogP contribution is -2.65. The number of carbonyl (C=O) groups excluding carboxylic acids is 1. The van der Waals surface area contributed by atoms with Crippen molar-refractivity contribution in [3.05, 3.63) is 0 Å². The van der Waals surface area contributed by atoms with Gasteiger partial charge in [-0.25, -0.2) is 0 Å². The van der Waals surface area contributed by atoms with Gasteiger partial charge in [0, 0.05) is 24.5 Å². The first-order valence-corrected chi connectivity index (χ1v) is 8.28. The maximum absolute atomic E-state index is 12.0. The molecule has 1 spiro atoms. The van der Waals surface area contributed by atoms with Crippen LogP contribution in [-0.4, -0.2) is 38.3 Å². The second kappa shape index (κ2) is 7.41. The molecule has 0 aromatic heterocycles. The van der Waals surface area contributed by atoms with Crippen LogP contribution in [0.1, 0.15) is 58.3 Å². The molecule has 2 unspecified atom stereocenters. The van der Waals surface area contributed by atoms with E-state index in [0.717, 1.165) is 26.0 Å². The van der Waals surface area contributed by atoms with Crippen LogP contribution in [0.5, 0.6) is 0 Å². The molecule has 2 fully saturated rings. The molecule has 20 heavy (non-hydrogen) atoms. The van der Waals surface area contributed by atoms with Gasteiger partial charge in [-0.05, 0) is 46.2 Å². The molecule has 0 aliphatic heterocycles. The third kappa shape index (κ3) is 3.34. The molecule has 2 atom stereocenters. The average Bonchev–Trinajstić information content (AvgIpc) is 2.47. The fourth-order valence-corrected chi connectivity index (χ4v) is 3.96. The molecule has 4 nitrogen and oxygen atoms in total. The molecule has 0 aromatic carbocycles. The second-order valence-corrected chi connectivity index (χ2v) is 6.30. The molecule has 0 radical (unpaired) electrons. The minimum atomic E-state index is 0.213. The summed E-state index contributed by atoms with van der Waals surface area (Å²) in [6.07, 6.45) is 9.28. The maximum Gasteiger partial charge on any atom is 0.220 e. The van der Waals surface area contributed by atoms with Crippen LogP contribution in [0.2, 0.25) is 0 Å². The van der Waals surface area contributed by atoms with Crippen molar-refractivity contribution in [2.75, 3.05) is 20.2 Å². The topological polar surface area (TPSA) is 50.4 Å². The molecule has 0 heterocycles. The van der Waals surface area contributed by atoms with Gasteiger partial charge in [0.15, 0.2) is 0 Å². The van der Waals surface area contributed by atoms with Gasteiger partial charge in [-0.1, -0.05) is 19.3 Å². The highest BCUT2D eigenvalue weighted by molar-refractivity contribution is 5.76. The van der Waals surface area contributed by atoms with Gasteiger partial charge in [0.2, 0.25) is 5.91 Å². The average molecular weight is 282 g/mol. The highest BCUT2D eigenvalue weighted by atomic mass is 16.5. The Hall–Kier alpha value is -0.610. The largest absolute Gasteiger partial charge is 0.378 e. The Morgan fingerprint density at radius 2 is 2.05 bits per heavy atom. The molecule has 4 heteroatoms. The van der Waals surface area contributed by atoms with E-state index in [2.05, 4.69) is 17.6 Å². The number of amides is 1. The molecular weight excluding hydrogens is 252 g/mol. The van der Waals surface area contributed by atoms with Crippen LogP contribution in [0.15, 0.2) is 0 Å². The number of nitrogens with one attached hydrogen (secondary N) is 2. The summed E-state index contributed by atoms with van der Waals surface area (Å²) in [5, 5.41) is 6.36. The normalized spacial score (nSPS) is 28.1. The van der Waals surface area contributed by atoms with Crippen molar-refractivity contribution >= 4 is 5.91 Å². The number of rotatable bonds is 7. The van der Waals surface area contributed by atoms with E-state index in [-0.39, 0.29) is 11.3 Å². The zero-order valence-corrected chi connectivity index (χ0v) is 13.0. The minimum Gasteiger partial charge on any atom is -0.378 e. The van der Waals surface area contributed by atoms with Crippen LogP contribution in [-0.2, 0) is 9.53 Å². The Balaban J connectivity index is 1.86. The van der Waals surface area contributed by atoms with Crippen molar-refractivity contribution in [2.24, 2.45) is 5.41 Å². The summed E-state index contributed by atoms with van der Waals surface area (Å²) in [7, 11) is 1.92. The van der Waals surface area contributed by atoms with E-state index in [9.17, 15) is 4.79 Å². The lowest BCUT2D eigenvalue weighted by Gasteiger charge is -2.57.